The van der Waals surface area contributed by atoms with E-state index < -0.39 is 29.5 Å². The van der Waals surface area contributed by atoms with E-state index in [0.717, 1.165) is 22.8 Å². The van der Waals surface area contributed by atoms with Crippen molar-refractivity contribution in [1.29, 1.82) is 0 Å². The molecule has 1 aliphatic rings. The largest absolute Gasteiger partial charge is 0.573 e. The quantitative estimate of drug-likeness (QED) is 0.448. The summed E-state index contributed by atoms with van der Waals surface area (Å²) in [6.45, 7) is 0. The number of nitrogens with two attached hydrogens (primary N) is 1. The second-order valence-electron chi connectivity index (χ2n) is 5.06. The first-order valence-corrected chi connectivity index (χ1v) is 8.53. The van der Waals surface area contributed by atoms with Crippen LogP contribution in [0.4, 0.5) is 19.0 Å². The number of hydrogen-bond acceptors (Lipinski definition) is 5. The van der Waals surface area contributed by atoms with Gasteiger partial charge in [-0.05, 0) is 44.6 Å². The van der Waals surface area contributed by atoms with E-state index >= 15 is 0 Å². The van der Waals surface area contributed by atoms with Crippen LogP contribution in [-0.2, 0) is 0 Å². The van der Waals surface area contributed by atoms with Gasteiger partial charge in [0.05, 0.1) is 20.4 Å². The number of carbonyl (C=O) groups excluding carboxylic acids is 2. The highest BCUT2D eigenvalue weighted by Crippen LogP contribution is 2.34. The first kappa shape index (κ1) is 18.7. The minimum Gasteiger partial charge on any atom is -0.406 e. The topological polar surface area (TPSA) is 103 Å². The van der Waals surface area contributed by atoms with Crippen LogP contribution in [0, 0.1) is 3.57 Å². The molecule has 1 aromatic carbocycles. The number of aromatic nitrogens is 1. The highest BCUT2D eigenvalue weighted by atomic mass is 127. The standard InChI is InChI=1S/C14H6BrF3IN3O4/c15-6-1-4(26-14(16,17)18)2-7(10(6)19)22-8(23)3-5-9(11(22)20)13(25)21-12(5)24/h1-3H,20H2,(H,21,24,25). The van der Waals surface area contributed by atoms with Gasteiger partial charge in [0.1, 0.15) is 11.6 Å². The Bertz CT molecular complexity index is 1040. The van der Waals surface area contributed by atoms with Crippen molar-refractivity contribution in [3.8, 4) is 11.4 Å². The molecule has 0 atom stereocenters. The van der Waals surface area contributed by atoms with Crippen LogP contribution in [0.1, 0.15) is 20.7 Å². The van der Waals surface area contributed by atoms with Crippen LogP contribution < -0.4 is 21.3 Å². The Morgan fingerprint density at radius 2 is 1.81 bits per heavy atom. The third-order valence-electron chi connectivity index (χ3n) is 3.41. The number of alkyl halides is 3. The number of imide groups is 1. The predicted octanol–water partition coefficient (Wildman–Crippen LogP) is 2.57. The number of hydrogen-bond donors (Lipinski definition) is 2. The van der Waals surface area contributed by atoms with E-state index in [2.05, 4.69) is 20.7 Å². The Morgan fingerprint density at radius 1 is 1.15 bits per heavy atom. The molecule has 0 bridgehead atoms. The van der Waals surface area contributed by atoms with E-state index in [1.807, 2.05) is 5.32 Å². The van der Waals surface area contributed by atoms with Crippen LogP contribution in [0.15, 0.2) is 27.5 Å². The summed E-state index contributed by atoms with van der Waals surface area (Å²) in [6, 6.07) is 2.93. The molecule has 3 N–H and O–H groups in total. The van der Waals surface area contributed by atoms with Crippen molar-refractivity contribution in [1.82, 2.24) is 9.88 Å². The molecule has 0 spiro atoms. The second kappa shape index (κ2) is 6.26. The Hall–Kier alpha value is -2.09. The number of halogens is 5. The molecule has 0 aliphatic carbocycles. The van der Waals surface area contributed by atoms with E-state index in [1.54, 1.807) is 22.6 Å². The molecule has 12 heteroatoms. The van der Waals surface area contributed by atoms with Gasteiger partial charge in [0, 0.05) is 16.6 Å². The van der Waals surface area contributed by atoms with Gasteiger partial charge in [-0.25, -0.2) is 0 Å². The molecule has 0 unspecified atom stereocenters. The lowest BCUT2D eigenvalue weighted by Gasteiger charge is -2.16. The molecule has 3 rings (SSSR count). The van der Waals surface area contributed by atoms with E-state index in [9.17, 15) is 27.6 Å². The lowest BCUT2D eigenvalue weighted by atomic mass is 10.1. The zero-order valence-corrected chi connectivity index (χ0v) is 16.0. The lowest BCUT2D eigenvalue weighted by Crippen LogP contribution is -2.25. The van der Waals surface area contributed by atoms with Crippen LogP contribution >= 0.6 is 38.5 Å². The summed E-state index contributed by atoms with van der Waals surface area (Å²) in [4.78, 5) is 36.0. The number of benzene rings is 1. The molecule has 136 valence electrons. The van der Waals surface area contributed by atoms with E-state index in [-0.39, 0.29) is 27.1 Å². The average Bonchev–Trinajstić information content (AvgIpc) is 2.76. The molecule has 1 aromatic heterocycles. The summed E-state index contributed by atoms with van der Waals surface area (Å²) in [7, 11) is 0. The van der Waals surface area contributed by atoms with Crippen molar-refractivity contribution in [3.63, 3.8) is 0 Å². The highest BCUT2D eigenvalue weighted by Gasteiger charge is 2.34. The van der Waals surface area contributed by atoms with Gasteiger partial charge in [-0.2, -0.15) is 0 Å². The molecule has 7 nitrogen and oxygen atoms in total. The molecule has 0 fully saturated rings. The maximum Gasteiger partial charge on any atom is 0.573 e. The summed E-state index contributed by atoms with van der Waals surface area (Å²) in [5, 5.41) is 2.00. The van der Waals surface area contributed by atoms with Gasteiger partial charge in [-0.15, -0.1) is 13.2 Å². The number of rotatable bonds is 2. The van der Waals surface area contributed by atoms with Gasteiger partial charge in [0.2, 0.25) is 0 Å². The Kier molecular flexibility index (Phi) is 4.50. The van der Waals surface area contributed by atoms with Crippen LogP contribution in [0.3, 0.4) is 0 Å². The van der Waals surface area contributed by atoms with Crippen molar-refractivity contribution in [2.24, 2.45) is 0 Å². The molecule has 2 heterocycles. The number of fused-ring (bicyclic) bond motifs is 1. The summed E-state index contributed by atoms with van der Waals surface area (Å²) < 4.78 is 42.8. The molecule has 0 radical (unpaired) electrons. The van der Waals surface area contributed by atoms with Crippen molar-refractivity contribution in [2.45, 2.75) is 6.36 Å². The van der Waals surface area contributed by atoms with Crippen LogP contribution in [-0.4, -0.2) is 22.7 Å². The minimum absolute atomic E-state index is 0.0447. The molecule has 26 heavy (non-hydrogen) atoms. The summed E-state index contributed by atoms with van der Waals surface area (Å²) in [5.74, 6) is -2.53. The zero-order valence-electron chi connectivity index (χ0n) is 12.3. The lowest BCUT2D eigenvalue weighted by molar-refractivity contribution is -0.274. The van der Waals surface area contributed by atoms with Gasteiger partial charge in [-0.1, -0.05) is 0 Å². The third kappa shape index (κ3) is 3.18. The van der Waals surface area contributed by atoms with Crippen LogP contribution in [0.2, 0.25) is 0 Å². The van der Waals surface area contributed by atoms with Crippen LogP contribution in [0.25, 0.3) is 5.69 Å². The molecule has 2 amide bonds. The molecular formula is C14H6BrF3IN3O4. The third-order valence-corrected chi connectivity index (χ3v) is 5.91. The van der Waals surface area contributed by atoms with Crippen LogP contribution in [0.5, 0.6) is 5.75 Å². The summed E-state index contributed by atoms with van der Waals surface area (Å²) >= 11 is 4.88. The Labute approximate surface area is 164 Å². The fourth-order valence-corrected chi connectivity index (χ4v) is 3.41. The number of anilines is 1. The highest BCUT2D eigenvalue weighted by molar-refractivity contribution is 14.1. The maximum absolute atomic E-state index is 12.5. The number of nitrogens with one attached hydrogen (secondary N) is 1. The fraction of sp³-hybridized carbons (Fsp3) is 0.0714. The van der Waals surface area contributed by atoms with Crippen molar-refractivity contribution < 1.29 is 27.5 Å². The number of nitrogens with zero attached hydrogens (tertiary/aromatic N) is 1. The number of amides is 2. The molecule has 2 aromatic rings. The monoisotopic (exact) mass is 543 g/mol. The normalized spacial score (nSPS) is 13.6. The SMILES string of the molecule is Nc1c2c(cc(=O)n1-c1cc(OC(F)(F)F)cc(Br)c1I)C(=O)NC2=O. The number of carbonyl (C=O) groups is 2. The van der Waals surface area contributed by atoms with E-state index in [1.165, 1.54) is 0 Å². The first-order chi connectivity index (χ1) is 12.0. The first-order valence-electron chi connectivity index (χ1n) is 6.66. The summed E-state index contributed by atoms with van der Waals surface area (Å²) in [5.41, 5.74) is 4.64. The molecular weight excluding hydrogens is 538 g/mol. The average molecular weight is 544 g/mol. The minimum atomic E-state index is -4.94. The van der Waals surface area contributed by atoms with Crippen molar-refractivity contribution in [2.75, 3.05) is 5.73 Å². The fourth-order valence-electron chi connectivity index (χ4n) is 2.43. The number of ether oxygens (including phenoxy) is 1. The van der Waals surface area contributed by atoms with E-state index in [0.29, 0.717) is 3.57 Å². The number of pyridine rings is 1. The molecule has 0 saturated carbocycles. The summed E-state index contributed by atoms with van der Waals surface area (Å²) in [6.07, 6.45) is -4.94. The zero-order chi connectivity index (χ0) is 19.4. The maximum atomic E-state index is 12.5. The van der Waals surface area contributed by atoms with Gasteiger partial charge < -0.3 is 10.5 Å². The smallest absolute Gasteiger partial charge is 0.406 e. The Morgan fingerprint density at radius 3 is 2.42 bits per heavy atom. The van der Waals surface area contributed by atoms with Gasteiger partial charge in [-0.3, -0.25) is 24.3 Å². The van der Waals surface area contributed by atoms with Gasteiger partial charge in [0.15, 0.2) is 0 Å². The van der Waals surface area contributed by atoms with Crippen molar-refractivity contribution in [3.05, 3.63) is 47.7 Å². The van der Waals surface area contributed by atoms with Gasteiger partial charge in [0.25, 0.3) is 17.4 Å². The molecule has 1 aliphatic heterocycles. The molecule has 0 saturated heterocycles. The predicted molar refractivity (Wildman–Crippen MR) is 95.3 cm³/mol. The Balaban J connectivity index is 2.28. The second-order valence-corrected chi connectivity index (χ2v) is 6.99. The van der Waals surface area contributed by atoms with E-state index in [4.69, 9.17) is 5.73 Å². The van der Waals surface area contributed by atoms with Crippen molar-refractivity contribution >= 4 is 56.2 Å². The number of nitrogen functional groups attached to an aromatic ring is 1. The van der Waals surface area contributed by atoms with Gasteiger partial charge >= 0.3 is 6.36 Å².